The number of sulfonamides is 1. The first-order valence-electron chi connectivity index (χ1n) is 5.71. The molecule has 0 aliphatic heterocycles. The number of rotatable bonds is 5. The van der Waals surface area contributed by atoms with Crippen LogP contribution in [-0.2, 0) is 10.0 Å². The summed E-state index contributed by atoms with van der Waals surface area (Å²) in [5.41, 5.74) is 5.71. The fourth-order valence-electron chi connectivity index (χ4n) is 1.67. The highest BCUT2D eigenvalue weighted by Gasteiger charge is 2.29. The van der Waals surface area contributed by atoms with Crippen LogP contribution in [0.5, 0.6) is 0 Å². The summed E-state index contributed by atoms with van der Waals surface area (Å²) >= 11 is 0. The second-order valence-electron chi connectivity index (χ2n) is 4.55. The van der Waals surface area contributed by atoms with E-state index in [2.05, 4.69) is 4.72 Å². The van der Waals surface area contributed by atoms with Gasteiger partial charge in [0, 0.05) is 12.6 Å². The molecular weight excluding hydrogens is 317 g/mol. The third kappa shape index (κ3) is 3.85. The van der Waals surface area contributed by atoms with Crippen molar-refractivity contribution >= 4 is 22.4 Å². The van der Waals surface area contributed by atoms with Crippen molar-refractivity contribution in [3.63, 3.8) is 0 Å². The van der Waals surface area contributed by atoms with Crippen molar-refractivity contribution in [3.05, 3.63) is 29.6 Å². The molecule has 1 aliphatic rings. The number of nitrogens with one attached hydrogen (secondary N) is 1. The average Bonchev–Trinajstić information content (AvgIpc) is 3.16. The zero-order chi connectivity index (χ0) is 14.2. The molecule has 1 atom stereocenters. The van der Waals surface area contributed by atoms with E-state index in [0.29, 0.717) is 12.1 Å². The lowest BCUT2D eigenvalue weighted by Gasteiger charge is -2.12. The van der Waals surface area contributed by atoms with Crippen LogP contribution >= 0.6 is 12.4 Å². The Kier molecular flexibility index (Phi) is 5.42. The van der Waals surface area contributed by atoms with Crippen molar-refractivity contribution in [3.8, 4) is 0 Å². The third-order valence-corrected chi connectivity index (χ3v) is 4.41. The summed E-state index contributed by atoms with van der Waals surface area (Å²) in [7, 11) is -4.10. The van der Waals surface area contributed by atoms with Gasteiger partial charge in [0.1, 0.15) is 0 Å². The van der Waals surface area contributed by atoms with E-state index < -0.39 is 32.4 Å². The van der Waals surface area contributed by atoms with E-state index in [1.165, 1.54) is 0 Å². The Bertz CT molecular complexity index is 570. The molecule has 1 saturated carbocycles. The van der Waals surface area contributed by atoms with Gasteiger partial charge < -0.3 is 5.73 Å². The minimum absolute atomic E-state index is 0. The van der Waals surface area contributed by atoms with Gasteiger partial charge in [-0.25, -0.2) is 26.3 Å². The molecule has 0 saturated heterocycles. The van der Waals surface area contributed by atoms with Gasteiger partial charge in [-0.15, -0.1) is 12.4 Å². The van der Waals surface area contributed by atoms with Gasteiger partial charge in [-0.2, -0.15) is 0 Å². The molecule has 1 fully saturated rings. The molecule has 1 aromatic carbocycles. The maximum atomic E-state index is 13.0. The number of hydrogen-bond acceptors (Lipinski definition) is 3. The van der Waals surface area contributed by atoms with Gasteiger partial charge in [-0.3, -0.25) is 0 Å². The fourth-order valence-corrected chi connectivity index (χ4v) is 2.76. The van der Waals surface area contributed by atoms with E-state index in [1.807, 2.05) is 0 Å². The Hall–Kier alpha value is -0.830. The van der Waals surface area contributed by atoms with Crippen molar-refractivity contribution in [1.82, 2.24) is 4.72 Å². The Morgan fingerprint density at radius 2 is 1.75 bits per heavy atom. The van der Waals surface area contributed by atoms with Gasteiger partial charge >= 0.3 is 0 Å². The predicted molar refractivity (Wildman–Crippen MR) is 69.5 cm³/mol. The van der Waals surface area contributed by atoms with Crippen molar-refractivity contribution in [2.75, 3.05) is 6.54 Å². The highest BCUT2D eigenvalue weighted by Crippen LogP contribution is 2.31. The largest absolute Gasteiger partial charge is 0.326 e. The molecule has 3 N–H and O–H groups in total. The first-order chi connectivity index (χ1) is 8.81. The van der Waals surface area contributed by atoms with Gasteiger partial charge in [-0.1, -0.05) is 0 Å². The molecule has 0 aromatic heterocycles. The molecule has 1 aliphatic carbocycles. The van der Waals surface area contributed by atoms with Crippen LogP contribution in [0.1, 0.15) is 12.8 Å². The molecule has 0 heterocycles. The summed E-state index contributed by atoms with van der Waals surface area (Å²) in [6.45, 7) is -0.0202. The molecule has 0 spiro atoms. The van der Waals surface area contributed by atoms with Crippen LogP contribution in [0.4, 0.5) is 13.2 Å². The van der Waals surface area contributed by atoms with E-state index in [4.69, 9.17) is 5.73 Å². The summed E-state index contributed by atoms with van der Waals surface area (Å²) < 4.78 is 64.4. The number of halogens is 4. The minimum atomic E-state index is -4.10. The van der Waals surface area contributed by atoms with Crippen molar-refractivity contribution in [2.24, 2.45) is 11.7 Å². The van der Waals surface area contributed by atoms with Crippen molar-refractivity contribution in [2.45, 2.75) is 23.8 Å². The lowest BCUT2D eigenvalue weighted by atomic mass is 10.2. The molecule has 20 heavy (non-hydrogen) atoms. The highest BCUT2D eigenvalue weighted by molar-refractivity contribution is 7.89. The van der Waals surface area contributed by atoms with Gasteiger partial charge in [0.25, 0.3) is 0 Å². The van der Waals surface area contributed by atoms with Crippen LogP contribution < -0.4 is 10.5 Å². The Morgan fingerprint density at radius 3 is 2.20 bits per heavy atom. The molecule has 1 unspecified atom stereocenters. The summed E-state index contributed by atoms with van der Waals surface area (Å²) in [6.07, 6.45) is 1.89. The van der Waals surface area contributed by atoms with Crippen LogP contribution in [0.3, 0.4) is 0 Å². The van der Waals surface area contributed by atoms with E-state index in [0.717, 1.165) is 12.8 Å². The smallest absolute Gasteiger partial charge is 0.240 e. The lowest BCUT2D eigenvalue weighted by molar-refractivity contribution is 0.442. The van der Waals surface area contributed by atoms with E-state index >= 15 is 0 Å². The monoisotopic (exact) mass is 330 g/mol. The van der Waals surface area contributed by atoms with E-state index in [1.54, 1.807) is 0 Å². The molecule has 0 amide bonds. The fraction of sp³-hybridized carbons (Fsp3) is 0.455. The van der Waals surface area contributed by atoms with Gasteiger partial charge in [0.05, 0.1) is 4.90 Å². The molecule has 1 aromatic rings. The van der Waals surface area contributed by atoms with E-state index in [9.17, 15) is 21.6 Å². The predicted octanol–water partition coefficient (Wildman–Crippen LogP) is 1.54. The van der Waals surface area contributed by atoms with Crippen LogP contribution in [0.25, 0.3) is 0 Å². The third-order valence-electron chi connectivity index (χ3n) is 3.00. The number of nitrogens with two attached hydrogens (primary N) is 1. The number of hydrogen-bond donors (Lipinski definition) is 2. The normalized spacial score (nSPS) is 16.6. The SMILES string of the molecule is Cl.NC(CNS(=O)(=O)c1cc(F)c(F)c(F)c1)C1CC1. The molecule has 9 heteroatoms. The van der Waals surface area contributed by atoms with Crippen LogP contribution in [0, 0.1) is 23.4 Å². The molecule has 2 rings (SSSR count). The topological polar surface area (TPSA) is 72.2 Å². The highest BCUT2D eigenvalue weighted by atomic mass is 35.5. The van der Waals surface area contributed by atoms with Gasteiger partial charge in [0.15, 0.2) is 17.5 Å². The lowest BCUT2D eigenvalue weighted by Crippen LogP contribution is -2.38. The second-order valence-corrected chi connectivity index (χ2v) is 6.32. The van der Waals surface area contributed by atoms with Crippen molar-refractivity contribution in [1.29, 1.82) is 0 Å². The first-order valence-corrected chi connectivity index (χ1v) is 7.19. The summed E-state index contributed by atoms with van der Waals surface area (Å²) in [5, 5.41) is 0. The Labute approximate surface area is 121 Å². The Balaban J connectivity index is 0.00000200. The zero-order valence-electron chi connectivity index (χ0n) is 10.3. The summed E-state index contributed by atoms with van der Waals surface area (Å²) in [4.78, 5) is -0.660. The number of benzene rings is 1. The molecular formula is C11H14ClF3N2O2S. The maximum absolute atomic E-state index is 13.0. The average molecular weight is 331 g/mol. The Morgan fingerprint density at radius 1 is 1.25 bits per heavy atom. The molecule has 0 radical (unpaired) electrons. The standard InChI is InChI=1S/C11H13F3N2O2S.ClH/c12-8-3-7(4-9(13)11(8)14)19(17,18)16-5-10(15)6-1-2-6;/h3-4,6,10,16H,1-2,5,15H2;1H. The van der Waals surface area contributed by atoms with Crippen LogP contribution in [-0.4, -0.2) is 21.0 Å². The van der Waals surface area contributed by atoms with Gasteiger partial charge in [0.2, 0.25) is 10.0 Å². The summed E-state index contributed by atoms with van der Waals surface area (Å²) in [6, 6.07) is 0.539. The first kappa shape index (κ1) is 17.2. The maximum Gasteiger partial charge on any atom is 0.240 e. The second kappa shape index (κ2) is 6.30. The molecule has 114 valence electrons. The minimum Gasteiger partial charge on any atom is -0.326 e. The van der Waals surface area contributed by atoms with Crippen LogP contribution in [0.15, 0.2) is 17.0 Å². The molecule has 0 bridgehead atoms. The van der Waals surface area contributed by atoms with Gasteiger partial charge in [-0.05, 0) is 30.9 Å². The van der Waals surface area contributed by atoms with Crippen LogP contribution in [0.2, 0.25) is 0 Å². The van der Waals surface area contributed by atoms with E-state index in [-0.39, 0.29) is 30.9 Å². The zero-order valence-corrected chi connectivity index (χ0v) is 11.9. The molecule has 4 nitrogen and oxygen atoms in total. The summed E-state index contributed by atoms with van der Waals surface area (Å²) in [5.74, 6) is -4.52. The van der Waals surface area contributed by atoms with Crippen molar-refractivity contribution < 1.29 is 21.6 Å². The quantitative estimate of drug-likeness (QED) is 0.804.